The monoisotopic (exact) mass is 275 g/mol. The summed E-state index contributed by atoms with van der Waals surface area (Å²) in [4.78, 5) is 25.3. The second-order valence-electron chi connectivity index (χ2n) is 6.38. The molecule has 1 aromatic rings. The Morgan fingerprint density at radius 1 is 1.40 bits per heavy atom. The van der Waals surface area contributed by atoms with Crippen LogP contribution in [0.3, 0.4) is 0 Å². The molecule has 0 saturated heterocycles. The van der Waals surface area contributed by atoms with Crippen LogP contribution >= 0.6 is 0 Å². The van der Waals surface area contributed by atoms with Crippen LogP contribution in [-0.4, -0.2) is 27.9 Å². The fraction of sp³-hybridized carbons (Fsp3) is 0.500. The fourth-order valence-electron chi connectivity index (χ4n) is 2.48. The molecule has 1 aromatic carbocycles. The number of rotatable bonds is 4. The van der Waals surface area contributed by atoms with Gasteiger partial charge in [-0.05, 0) is 51.3 Å². The number of hydrogen-bond donors (Lipinski definition) is 1. The van der Waals surface area contributed by atoms with Gasteiger partial charge in [0.05, 0.1) is 5.41 Å². The summed E-state index contributed by atoms with van der Waals surface area (Å²) in [6.07, 6.45) is 0.421. The molecule has 2 rings (SSSR count). The maximum Gasteiger partial charge on any atom is 0.309 e. The van der Waals surface area contributed by atoms with Gasteiger partial charge in [0.1, 0.15) is 0 Å². The van der Waals surface area contributed by atoms with E-state index in [4.69, 9.17) is 0 Å². The lowest BCUT2D eigenvalue weighted by molar-refractivity contribution is -0.146. The summed E-state index contributed by atoms with van der Waals surface area (Å²) >= 11 is 0. The van der Waals surface area contributed by atoms with Gasteiger partial charge in [0.15, 0.2) is 0 Å². The molecule has 0 aliphatic carbocycles. The molecule has 0 aromatic heterocycles. The summed E-state index contributed by atoms with van der Waals surface area (Å²) in [6, 6.07) is 5.91. The highest BCUT2D eigenvalue weighted by Crippen LogP contribution is 2.28. The first-order valence-electron chi connectivity index (χ1n) is 6.88. The number of fused-ring (bicyclic) bond motifs is 1. The first-order chi connectivity index (χ1) is 9.22. The van der Waals surface area contributed by atoms with Crippen LogP contribution in [0, 0.1) is 5.41 Å². The number of amides is 1. The van der Waals surface area contributed by atoms with Crippen LogP contribution < -0.4 is 0 Å². The van der Waals surface area contributed by atoms with Gasteiger partial charge in [-0.15, -0.1) is 0 Å². The number of nitrogens with zero attached hydrogens (tertiary/aromatic N) is 1. The zero-order chi connectivity index (χ0) is 15.1. The van der Waals surface area contributed by atoms with Crippen molar-refractivity contribution in [3.05, 3.63) is 34.9 Å². The average molecular weight is 275 g/mol. The Balaban J connectivity index is 2.27. The van der Waals surface area contributed by atoms with Crippen molar-refractivity contribution in [3.8, 4) is 0 Å². The smallest absolute Gasteiger partial charge is 0.309 e. The van der Waals surface area contributed by atoms with Crippen molar-refractivity contribution >= 4 is 11.9 Å². The summed E-state index contributed by atoms with van der Waals surface area (Å²) in [5, 5.41) is 9.19. The lowest BCUT2D eigenvalue weighted by Gasteiger charge is -2.20. The lowest BCUT2D eigenvalue weighted by atomic mass is 9.85. The fourth-order valence-corrected chi connectivity index (χ4v) is 2.48. The molecule has 20 heavy (non-hydrogen) atoms. The zero-order valence-corrected chi connectivity index (χ0v) is 12.4. The van der Waals surface area contributed by atoms with Crippen LogP contribution in [0.2, 0.25) is 0 Å². The predicted octanol–water partition coefficient (Wildman–Crippen LogP) is 2.70. The van der Waals surface area contributed by atoms with Crippen molar-refractivity contribution in [1.82, 2.24) is 4.90 Å². The predicted molar refractivity (Wildman–Crippen MR) is 76.6 cm³/mol. The highest BCUT2D eigenvalue weighted by atomic mass is 16.4. The molecule has 1 N–H and O–H groups in total. The number of carbonyl (C=O) groups excluding carboxylic acids is 1. The summed E-state index contributed by atoms with van der Waals surface area (Å²) in [6.45, 7) is 8.04. The molecule has 0 bridgehead atoms. The van der Waals surface area contributed by atoms with E-state index in [1.54, 1.807) is 13.8 Å². The van der Waals surface area contributed by atoms with Gasteiger partial charge in [0.2, 0.25) is 0 Å². The second-order valence-corrected chi connectivity index (χ2v) is 6.38. The normalized spacial score (nSPS) is 14.8. The Bertz CT molecular complexity index is 561. The number of benzene rings is 1. The number of carbonyl (C=O) groups is 2. The van der Waals surface area contributed by atoms with E-state index < -0.39 is 11.4 Å². The van der Waals surface area contributed by atoms with Crippen molar-refractivity contribution in [2.45, 2.75) is 46.7 Å². The molecule has 108 valence electrons. The van der Waals surface area contributed by atoms with Crippen molar-refractivity contribution < 1.29 is 14.7 Å². The number of carboxylic acid groups (broad SMARTS) is 1. The van der Waals surface area contributed by atoms with E-state index in [1.807, 2.05) is 36.9 Å². The third-order valence-electron chi connectivity index (χ3n) is 3.85. The highest BCUT2D eigenvalue weighted by Gasteiger charge is 2.31. The van der Waals surface area contributed by atoms with Gasteiger partial charge in [-0.1, -0.05) is 12.1 Å². The second kappa shape index (κ2) is 4.93. The van der Waals surface area contributed by atoms with Crippen LogP contribution in [0.5, 0.6) is 0 Å². The van der Waals surface area contributed by atoms with E-state index in [1.165, 1.54) is 0 Å². The number of aliphatic carboxylic acids is 1. The van der Waals surface area contributed by atoms with Crippen LogP contribution in [0.25, 0.3) is 0 Å². The van der Waals surface area contributed by atoms with E-state index in [-0.39, 0.29) is 11.9 Å². The van der Waals surface area contributed by atoms with Crippen LogP contribution in [0.15, 0.2) is 18.2 Å². The van der Waals surface area contributed by atoms with Crippen LogP contribution in [0.4, 0.5) is 0 Å². The SMILES string of the molecule is CC(C)N1Cc2ccc(CC(C)(C)C(=O)O)cc2C1=O. The number of hydrogen-bond acceptors (Lipinski definition) is 2. The van der Waals surface area contributed by atoms with Crippen molar-refractivity contribution in [2.24, 2.45) is 5.41 Å². The van der Waals surface area contributed by atoms with Gasteiger partial charge in [-0.25, -0.2) is 0 Å². The molecule has 0 atom stereocenters. The lowest BCUT2D eigenvalue weighted by Crippen LogP contribution is -2.30. The molecule has 0 radical (unpaired) electrons. The van der Waals surface area contributed by atoms with Crippen LogP contribution in [-0.2, 0) is 17.8 Å². The van der Waals surface area contributed by atoms with Crippen molar-refractivity contribution in [2.75, 3.05) is 0 Å². The van der Waals surface area contributed by atoms with Gasteiger partial charge in [0, 0.05) is 18.2 Å². The van der Waals surface area contributed by atoms with Gasteiger partial charge in [-0.3, -0.25) is 9.59 Å². The molecule has 0 unspecified atom stereocenters. The summed E-state index contributed by atoms with van der Waals surface area (Å²) < 4.78 is 0. The molecule has 1 heterocycles. The Morgan fingerprint density at radius 2 is 2.05 bits per heavy atom. The third-order valence-corrected chi connectivity index (χ3v) is 3.85. The highest BCUT2D eigenvalue weighted by molar-refractivity contribution is 5.98. The summed E-state index contributed by atoms with van der Waals surface area (Å²) in [7, 11) is 0. The van der Waals surface area contributed by atoms with Gasteiger partial charge in [-0.2, -0.15) is 0 Å². The standard InChI is InChI=1S/C16H21NO3/c1-10(2)17-9-12-6-5-11(7-13(12)14(17)18)8-16(3,4)15(19)20/h5-7,10H,8-9H2,1-4H3,(H,19,20). The molecular formula is C16H21NO3. The van der Waals surface area contributed by atoms with Crippen molar-refractivity contribution in [3.63, 3.8) is 0 Å². The Kier molecular flexibility index (Phi) is 3.59. The molecule has 1 aliphatic heterocycles. The summed E-state index contributed by atoms with van der Waals surface area (Å²) in [5.41, 5.74) is 1.82. The maximum atomic E-state index is 12.3. The Morgan fingerprint density at radius 3 is 2.60 bits per heavy atom. The first kappa shape index (κ1) is 14.6. The molecule has 1 amide bonds. The minimum absolute atomic E-state index is 0.0463. The quantitative estimate of drug-likeness (QED) is 0.919. The van der Waals surface area contributed by atoms with Gasteiger partial charge >= 0.3 is 5.97 Å². The van der Waals surface area contributed by atoms with E-state index in [2.05, 4.69) is 0 Å². The molecule has 0 fully saturated rings. The van der Waals surface area contributed by atoms with Gasteiger partial charge in [0.25, 0.3) is 5.91 Å². The molecule has 4 heteroatoms. The van der Waals surface area contributed by atoms with E-state index in [9.17, 15) is 14.7 Å². The molecule has 1 aliphatic rings. The molecule has 4 nitrogen and oxygen atoms in total. The third kappa shape index (κ3) is 2.55. The van der Waals surface area contributed by atoms with Crippen LogP contribution in [0.1, 0.15) is 49.2 Å². The minimum Gasteiger partial charge on any atom is -0.481 e. The largest absolute Gasteiger partial charge is 0.481 e. The maximum absolute atomic E-state index is 12.3. The first-order valence-corrected chi connectivity index (χ1v) is 6.88. The number of carboxylic acids is 1. The van der Waals surface area contributed by atoms with Gasteiger partial charge < -0.3 is 10.0 Å². The van der Waals surface area contributed by atoms with E-state index in [0.717, 1.165) is 16.7 Å². The molecule has 0 saturated carbocycles. The van der Waals surface area contributed by atoms with E-state index >= 15 is 0 Å². The zero-order valence-electron chi connectivity index (χ0n) is 12.4. The van der Waals surface area contributed by atoms with E-state index in [0.29, 0.717) is 13.0 Å². The Labute approximate surface area is 119 Å². The Hall–Kier alpha value is -1.84. The molecule has 0 spiro atoms. The molecular weight excluding hydrogens is 254 g/mol. The average Bonchev–Trinajstić information content (AvgIpc) is 2.66. The summed E-state index contributed by atoms with van der Waals surface area (Å²) in [5.74, 6) is -0.780. The topological polar surface area (TPSA) is 57.6 Å². The minimum atomic E-state index is -0.826. The van der Waals surface area contributed by atoms with Crippen molar-refractivity contribution in [1.29, 1.82) is 0 Å².